The minimum atomic E-state index is -1.23. The van der Waals surface area contributed by atoms with Crippen LogP contribution in [0.5, 0.6) is 0 Å². The van der Waals surface area contributed by atoms with Crippen molar-refractivity contribution in [2.75, 3.05) is 13.2 Å². The van der Waals surface area contributed by atoms with E-state index in [1.807, 2.05) is 6.92 Å². The lowest BCUT2D eigenvalue weighted by Gasteiger charge is -2.30. The van der Waals surface area contributed by atoms with Crippen molar-refractivity contribution in [3.05, 3.63) is 0 Å². The molecule has 1 rings (SSSR count). The molecule has 0 aliphatic heterocycles. The van der Waals surface area contributed by atoms with Gasteiger partial charge in [-0.1, -0.05) is 476 Å². The fourth-order valence-electron chi connectivity index (χ4n) is 14.9. The molecular formula is C88H170O6. The molecule has 558 valence electrons. The number of carbonyl (C=O) groups excluding carboxylic acids is 3. The van der Waals surface area contributed by atoms with Gasteiger partial charge >= 0.3 is 17.9 Å². The van der Waals surface area contributed by atoms with Gasteiger partial charge in [0.25, 0.3) is 0 Å². The molecule has 0 unspecified atom stereocenters. The number of ether oxygens (including phenoxy) is 3. The van der Waals surface area contributed by atoms with E-state index in [0.29, 0.717) is 12.8 Å². The average Bonchev–Trinajstić information content (AvgIpc) is 0.993. The molecule has 1 saturated carbocycles. The molecule has 0 aromatic carbocycles. The molecule has 0 radical (unpaired) electrons. The van der Waals surface area contributed by atoms with Crippen LogP contribution >= 0.6 is 0 Å². The van der Waals surface area contributed by atoms with E-state index in [4.69, 9.17) is 14.2 Å². The van der Waals surface area contributed by atoms with Gasteiger partial charge in [0.1, 0.15) is 13.2 Å². The second-order valence-electron chi connectivity index (χ2n) is 31.4. The van der Waals surface area contributed by atoms with Crippen LogP contribution in [0.25, 0.3) is 0 Å². The van der Waals surface area contributed by atoms with Gasteiger partial charge in [-0.05, 0) is 32.6 Å². The summed E-state index contributed by atoms with van der Waals surface area (Å²) in [6, 6.07) is 0. The van der Waals surface area contributed by atoms with E-state index in [-0.39, 0.29) is 37.0 Å². The zero-order valence-electron chi connectivity index (χ0n) is 64.6. The predicted octanol–water partition coefficient (Wildman–Crippen LogP) is 30.5. The Kier molecular flexibility index (Phi) is 72.7. The molecule has 0 amide bonds. The Hall–Kier alpha value is -1.59. The van der Waals surface area contributed by atoms with E-state index in [1.54, 1.807) is 0 Å². The molecule has 6 nitrogen and oxygen atoms in total. The lowest BCUT2D eigenvalue weighted by molar-refractivity contribution is -0.185. The van der Waals surface area contributed by atoms with Crippen LogP contribution in [0.3, 0.4) is 0 Å². The molecule has 0 spiro atoms. The highest BCUT2D eigenvalue weighted by atomic mass is 16.6. The van der Waals surface area contributed by atoms with Crippen molar-refractivity contribution in [1.82, 2.24) is 0 Å². The first-order chi connectivity index (χ1) is 46.4. The Morgan fingerprint density at radius 3 is 0.585 bits per heavy atom. The molecule has 0 atom stereocenters. The number of unbranched alkanes of at least 4 members (excludes halogenated alkanes) is 48. The van der Waals surface area contributed by atoms with Gasteiger partial charge in [-0.15, -0.1) is 0 Å². The molecule has 0 aromatic rings. The zero-order chi connectivity index (χ0) is 67.5. The third kappa shape index (κ3) is 68.9. The normalized spacial score (nSPS) is 15.6. The van der Waals surface area contributed by atoms with E-state index in [1.165, 1.54) is 411 Å². The Balaban J connectivity index is 2.52. The SMILES string of the molecule is CCCCCCCCCCCCCCCCCCCCCCCCCCCC(=O)OCC(C)(COC(=O)CCCCCCCCCCCCCCCCCCCCCCCCCCC)OC(=O)C1CCCCCCCCCCCCCCCCCCCCCCCCCC1. The Labute approximate surface area is 589 Å². The Bertz CT molecular complexity index is 1410. The summed E-state index contributed by atoms with van der Waals surface area (Å²) in [7, 11) is 0. The topological polar surface area (TPSA) is 78.9 Å². The predicted molar refractivity (Wildman–Crippen MR) is 411 cm³/mol. The van der Waals surface area contributed by atoms with E-state index in [2.05, 4.69) is 13.8 Å². The number of rotatable bonds is 58. The molecule has 0 heterocycles. The van der Waals surface area contributed by atoms with Gasteiger partial charge < -0.3 is 14.2 Å². The van der Waals surface area contributed by atoms with Gasteiger partial charge in [0.15, 0.2) is 5.60 Å². The largest absolute Gasteiger partial charge is 0.461 e. The van der Waals surface area contributed by atoms with E-state index in [0.717, 1.165) is 77.0 Å². The minimum absolute atomic E-state index is 0.0868. The summed E-state index contributed by atoms with van der Waals surface area (Å²) < 4.78 is 18.3. The quantitative estimate of drug-likeness (QED) is 0.0343. The molecule has 1 aliphatic carbocycles. The third-order valence-electron chi connectivity index (χ3n) is 21.6. The maximum absolute atomic E-state index is 14.4. The molecule has 94 heavy (non-hydrogen) atoms. The maximum atomic E-state index is 14.4. The van der Waals surface area contributed by atoms with Crippen molar-refractivity contribution in [2.24, 2.45) is 5.92 Å². The molecule has 6 heteroatoms. The van der Waals surface area contributed by atoms with Gasteiger partial charge in [0.2, 0.25) is 0 Å². The van der Waals surface area contributed by atoms with Crippen molar-refractivity contribution >= 4 is 17.9 Å². The van der Waals surface area contributed by atoms with Crippen LogP contribution in [-0.4, -0.2) is 36.7 Å². The number of esters is 3. The minimum Gasteiger partial charge on any atom is -0.461 e. The van der Waals surface area contributed by atoms with Crippen LogP contribution in [0.15, 0.2) is 0 Å². The summed E-state index contributed by atoms with van der Waals surface area (Å²) in [5, 5.41) is 0. The highest BCUT2D eigenvalue weighted by Crippen LogP contribution is 2.27. The summed E-state index contributed by atoms with van der Waals surface area (Å²) in [6.07, 6.45) is 102. The summed E-state index contributed by atoms with van der Waals surface area (Å²) in [6.45, 7) is 6.25. The smallest absolute Gasteiger partial charge is 0.309 e. The Morgan fingerprint density at radius 2 is 0.404 bits per heavy atom. The summed E-state index contributed by atoms with van der Waals surface area (Å²) in [5.74, 6) is -0.904. The lowest BCUT2D eigenvalue weighted by atomic mass is 9.93. The molecular weight excluding hydrogens is 1150 g/mol. The maximum Gasteiger partial charge on any atom is 0.309 e. The third-order valence-corrected chi connectivity index (χ3v) is 21.6. The van der Waals surface area contributed by atoms with Crippen molar-refractivity contribution in [3.63, 3.8) is 0 Å². The number of carbonyl (C=O) groups is 3. The first-order valence-corrected chi connectivity index (χ1v) is 43.9. The van der Waals surface area contributed by atoms with Gasteiger partial charge in [0.05, 0.1) is 5.92 Å². The van der Waals surface area contributed by atoms with Gasteiger partial charge in [-0.25, -0.2) is 0 Å². The first-order valence-electron chi connectivity index (χ1n) is 43.9. The second-order valence-corrected chi connectivity index (χ2v) is 31.4. The average molecular weight is 1320 g/mol. The highest BCUT2D eigenvalue weighted by molar-refractivity contribution is 5.73. The van der Waals surface area contributed by atoms with Crippen molar-refractivity contribution in [3.8, 4) is 0 Å². The van der Waals surface area contributed by atoms with Crippen LogP contribution in [-0.2, 0) is 28.6 Å². The van der Waals surface area contributed by atoms with Crippen LogP contribution < -0.4 is 0 Å². The molecule has 0 saturated heterocycles. The van der Waals surface area contributed by atoms with Crippen molar-refractivity contribution in [1.29, 1.82) is 0 Å². The number of hydrogen-bond donors (Lipinski definition) is 0. The van der Waals surface area contributed by atoms with Crippen molar-refractivity contribution in [2.45, 2.75) is 527 Å². The standard InChI is InChI=1S/C88H170O6/c1-4-6-8-10-12-14-16-18-20-22-24-26-28-30-36-40-44-48-52-56-60-64-68-72-76-80-85(89)92-82-88(3,83-93-86(90)81-77-73-69-65-61-57-53-49-45-41-37-31-29-27-25-23-21-19-17-15-13-11-9-7-5-2)94-87(91)84-78-74-70-66-62-58-54-50-46-42-38-34-32-33-35-39-43-47-51-55-59-63-67-71-75-79-84/h84H,4-83H2,1-3H3. The van der Waals surface area contributed by atoms with Crippen LogP contribution in [0.2, 0.25) is 0 Å². The molecule has 1 aliphatic rings. The highest BCUT2D eigenvalue weighted by Gasteiger charge is 2.35. The number of hydrogen-bond acceptors (Lipinski definition) is 6. The molecule has 0 aromatic heterocycles. The molecule has 0 bridgehead atoms. The van der Waals surface area contributed by atoms with Gasteiger partial charge in [-0.3, -0.25) is 14.4 Å². The summed E-state index contributed by atoms with van der Waals surface area (Å²) in [4.78, 5) is 41.0. The van der Waals surface area contributed by atoms with Crippen LogP contribution in [0.1, 0.15) is 522 Å². The fraction of sp³-hybridized carbons (Fsp3) is 0.966. The lowest BCUT2D eigenvalue weighted by Crippen LogP contribution is -2.44. The fourth-order valence-corrected chi connectivity index (χ4v) is 14.9. The zero-order valence-corrected chi connectivity index (χ0v) is 64.6. The van der Waals surface area contributed by atoms with E-state index >= 15 is 0 Å². The Morgan fingerprint density at radius 1 is 0.245 bits per heavy atom. The molecule has 1 fully saturated rings. The van der Waals surface area contributed by atoms with E-state index < -0.39 is 5.60 Å². The molecule has 0 N–H and O–H groups in total. The summed E-state index contributed by atoms with van der Waals surface area (Å²) >= 11 is 0. The van der Waals surface area contributed by atoms with Crippen molar-refractivity contribution < 1.29 is 28.6 Å². The first kappa shape index (κ1) is 90.4. The van der Waals surface area contributed by atoms with Gasteiger partial charge in [0, 0.05) is 12.8 Å². The summed E-state index contributed by atoms with van der Waals surface area (Å²) in [5.41, 5.74) is -1.23. The van der Waals surface area contributed by atoms with Crippen LogP contribution in [0, 0.1) is 5.92 Å². The second kappa shape index (κ2) is 75.6. The van der Waals surface area contributed by atoms with Gasteiger partial charge in [-0.2, -0.15) is 0 Å². The van der Waals surface area contributed by atoms with E-state index in [9.17, 15) is 14.4 Å². The monoisotopic (exact) mass is 1320 g/mol. The van der Waals surface area contributed by atoms with Crippen LogP contribution in [0.4, 0.5) is 0 Å².